The van der Waals surface area contributed by atoms with Crippen molar-refractivity contribution in [3.8, 4) is 5.75 Å². The summed E-state index contributed by atoms with van der Waals surface area (Å²) in [6, 6.07) is 13.9. The van der Waals surface area contributed by atoms with Gasteiger partial charge in [-0.1, -0.05) is 18.2 Å². The van der Waals surface area contributed by atoms with Crippen molar-refractivity contribution in [1.82, 2.24) is 5.32 Å². The Morgan fingerprint density at radius 3 is 2.35 bits per heavy atom. The second kappa shape index (κ2) is 8.23. The molecule has 1 atom stereocenters. The average molecular weight is 376 g/mol. The van der Waals surface area contributed by atoms with Crippen LogP contribution in [0.15, 0.2) is 48.5 Å². The van der Waals surface area contributed by atoms with E-state index in [4.69, 9.17) is 4.74 Å². The highest BCUT2D eigenvalue weighted by Crippen LogP contribution is 2.17. The van der Waals surface area contributed by atoms with Gasteiger partial charge < -0.3 is 10.1 Å². The number of anilines is 1. The van der Waals surface area contributed by atoms with E-state index in [9.17, 15) is 13.2 Å². The minimum Gasteiger partial charge on any atom is -0.491 e. The van der Waals surface area contributed by atoms with Crippen LogP contribution < -0.4 is 14.4 Å². The third-order valence-electron chi connectivity index (χ3n) is 3.95. The van der Waals surface area contributed by atoms with Gasteiger partial charge in [-0.25, -0.2) is 8.42 Å². The molecule has 1 amide bonds. The number of rotatable bonds is 7. The number of carbonyl (C=O) groups excluding carboxylic acids is 1. The molecule has 7 heteroatoms. The highest BCUT2D eigenvalue weighted by Gasteiger charge is 2.14. The number of hydrogen-bond acceptors (Lipinski definition) is 4. The smallest absolute Gasteiger partial charge is 0.251 e. The molecular weight excluding hydrogens is 352 g/mol. The van der Waals surface area contributed by atoms with Crippen LogP contribution in [-0.2, 0) is 10.0 Å². The standard InChI is InChI=1S/C19H24N2O4S/c1-14-7-5-6-8-18(14)25-13-15(2)20-19(22)16-9-11-17(12-10-16)21(3)26(4,23)24/h5-12,15H,13H2,1-4H3,(H,20,22)/t15-/m0/s1. The number of carbonyl (C=O) groups is 1. The average Bonchev–Trinajstić information content (AvgIpc) is 2.59. The van der Waals surface area contributed by atoms with E-state index >= 15 is 0 Å². The first kappa shape index (κ1) is 19.8. The zero-order chi connectivity index (χ0) is 19.3. The van der Waals surface area contributed by atoms with Crippen LogP contribution in [-0.4, -0.2) is 40.3 Å². The minimum absolute atomic E-state index is 0.180. The minimum atomic E-state index is -3.33. The summed E-state index contributed by atoms with van der Waals surface area (Å²) in [4.78, 5) is 12.3. The summed E-state index contributed by atoms with van der Waals surface area (Å²) in [7, 11) is -1.86. The van der Waals surface area contributed by atoms with Gasteiger partial charge >= 0.3 is 0 Å². The van der Waals surface area contributed by atoms with Gasteiger partial charge in [-0.05, 0) is 49.7 Å². The number of sulfonamides is 1. The van der Waals surface area contributed by atoms with Gasteiger partial charge in [0.25, 0.3) is 5.91 Å². The second-order valence-electron chi connectivity index (χ2n) is 6.23. The maximum Gasteiger partial charge on any atom is 0.251 e. The number of nitrogens with zero attached hydrogens (tertiary/aromatic N) is 1. The van der Waals surface area contributed by atoms with Crippen molar-refractivity contribution in [2.45, 2.75) is 19.9 Å². The van der Waals surface area contributed by atoms with E-state index in [1.165, 1.54) is 7.05 Å². The molecule has 0 heterocycles. The molecule has 140 valence electrons. The molecule has 6 nitrogen and oxygen atoms in total. The molecule has 0 aromatic heterocycles. The fourth-order valence-electron chi connectivity index (χ4n) is 2.30. The first-order valence-electron chi connectivity index (χ1n) is 8.21. The van der Waals surface area contributed by atoms with Gasteiger partial charge in [0.05, 0.1) is 18.0 Å². The predicted octanol–water partition coefficient (Wildman–Crippen LogP) is 2.59. The summed E-state index contributed by atoms with van der Waals surface area (Å²) in [6.07, 6.45) is 1.13. The van der Waals surface area contributed by atoms with Crippen LogP contribution in [0.3, 0.4) is 0 Å². The molecule has 0 aliphatic heterocycles. The zero-order valence-electron chi connectivity index (χ0n) is 15.4. The van der Waals surface area contributed by atoms with Gasteiger partial charge in [0, 0.05) is 12.6 Å². The van der Waals surface area contributed by atoms with Crippen molar-refractivity contribution < 1.29 is 17.9 Å². The SMILES string of the molecule is Cc1ccccc1OC[C@H](C)NC(=O)c1ccc(N(C)S(C)(=O)=O)cc1. The number of hydrogen-bond donors (Lipinski definition) is 1. The monoisotopic (exact) mass is 376 g/mol. The van der Waals surface area contributed by atoms with E-state index in [1.807, 2.05) is 38.1 Å². The van der Waals surface area contributed by atoms with Crippen LogP contribution in [0.1, 0.15) is 22.8 Å². The number of benzene rings is 2. The predicted molar refractivity (Wildman–Crippen MR) is 103 cm³/mol. The van der Waals surface area contributed by atoms with E-state index in [0.29, 0.717) is 17.9 Å². The van der Waals surface area contributed by atoms with Gasteiger partial charge in [0.15, 0.2) is 0 Å². The highest BCUT2D eigenvalue weighted by atomic mass is 32.2. The van der Waals surface area contributed by atoms with Crippen LogP contribution in [0.25, 0.3) is 0 Å². The maximum absolute atomic E-state index is 12.3. The highest BCUT2D eigenvalue weighted by molar-refractivity contribution is 7.92. The van der Waals surface area contributed by atoms with Crippen molar-refractivity contribution in [2.75, 3.05) is 24.2 Å². The number of nitrogens with one attached hydrogen (secondary N) is 1. The summed E-state index contributed by atoms with van der Waals surface area (Å²) < 4.78 is 30.0. The van der Waals surface area contributed by atoms with E-state index in [0.717, 1.165) is 21.9 Å². The third kappa shape index (κ3) is 5.23. The lowest BCUT2D eigenvalue weighted by Gasteiger charge is -2.18. The normalized spacial score (nSPS) is 12.3. The van der Waals surface area contributed by atoms with Crippen molar-refractivity contribution in [3.05, 3.63) is 59.7 Å². The lowest BCUT2D eigenvalue weighted by molar-refractivity contribution is 0.0926. The van der Waals surface area contributed by atoms with Crippen LogP contribution in [0.2, 0.25) is 0 Å². The molecule has 0 aliphatic carbocycles. The molecule has 0 saturated carbocycles. The summed E-state index contributed by atoms with van der Waals surface area (Å²) in [6.45, 7) is 4.18. The first-order chi connectivity index (χ1) is 12.2. The van der Waals surface area contributed by atoms with Gasteiger partial charge in [-0.2, -0.15) is 0 Å². The molecule has 0 radical (unpaired) electrons. The lowest BCUT2D eigenvalue weighted by Crippen LogP contribution is -2.36. The van der Waals surface area contributed by atoms with Gasteiger partial charge in [-0.15, -0.1) is 0 Å². The number of aryl methyl sites for hydroxylation is 1. The molecule has 2 aromatic rings. The van der Waals surface area contributed by atoms with Crippen LogP contribution in [0.5, 0.6) is 5.75 Å². The Hall–Kier alpha value is -2.54. The molecule has 2 rings (SSSR count). The van der Waals surface area contributed by atoms with Crippen molar-refractivity contribution in [2.24, 2.45) is 0 Å². The molecule has 26 heavy (non-hydrogen) atoms. The van der Waals surface area contributed by atoms with Gasteiger partial charge in [0.1, 0.15) is 12.4 Å². The molecule has 0 aliphatic rings. The molecule has 0 bridgehead atoms. The van der Waals surface area contributed by atoms with E-state index < -0.39 is 10.0 Å². The lowest BCUT2D eigenvalue weighted by atomic mass is 10.2. The Bertz CT molecular complexity index is 863. The van der Waals surface area contributed by atoms with E-state index in [-0.39, 0.29) is 11.9 Å². The molecular formula is C19H24N2O4S. The third-order valence-corrected chi connectivity index (χ3v) is 5.16. The van der Waals surface area contributed by atoms with Gasteiger partial charge in [0.2, 0.25) is 10.0 Å². The van der Waals surface area contributed by atoms with E-state index in [1.54, 1.807) is 24.3 Å². The molecule has 2 aromatic carbocycles. The van der Waals surface area contributed by atoms with E-state index in [2.05, 4.69) is 5.32 Å². The van der Waals surface area contributed by atoms with Gasteiger partial charge in [-0.3, -0.25) is 9.10 Å². The molecule has 0 saturated heterocycles. The maximum atomic E-state index is 12.3. The van der Waals surface area contributed by atoms with Crippen molar-refractivity contribution in [3.63, 3.8) is 0 Å². The summed E-state index contributed by atoms with van der Waals surface area (Å²) in [5.74, 6) is 0.557. The van der Waals surface area contributed by atoms with Crippen molar-refractivity contribution >= 4 is 21.6 Å². The fourth-order valence-corrected chi connectivity index (χ4v) is 2.80. The molecule has 1 N–H and O–H groups in total. The Kier molecular flexibility index (Phi) is 6.26. The first-order valence-corrected chi connectivity index (χ1v) is 10.1. The largest absolute Gasteiger partial charge is 0.491 e. The molecule has 0 fully saturated rings. The van der Waals surface area contributed by atoms with Crippen LogP contribution in [0, 0.1) is 6.92 Å². The Labute approximate surface area is 154 Å². The number of amides is 1. The summed E-state index contributed by atoms with van der Waals surface area (Å²) in [5.41, 5.74) is 2.00. The number of ether oxygens (including phenoxy) is 1. The zero-order valence-corrected chi connectivity index (χ0v) is 16.2. The van der Waals surface area contributed by atoms with Crippen molar-refractivity contribution in [1.29, 1.82) is 0 Å². The topological polar surface area (TPSA) is 75.7 Å². The molecule has 0 unspecified atom stereocenters. The summed E-state index contributed by atoms with van der Waals surface area (Å²) >= 11 is 0. The Balaban J connectivity index is 1.93. The second-order valence-corrected chi connectivity index (χ2v) is 8.24. The Morgan fingerprint density at radius 1 is 1.15 bits per heavy atom. The summed E-state index contributed by atoms with van der Waals surface area (Å²) in [5, 5.41) is 2.87. The van der Waals surface area contributed by atoms with Crippen LogP contribution >= 0.6 is 0 Å². The number of para-hydroxylation sites is 1. The quantitative estimate of drug-likeness (QED) is 0.806. The van der Waals surface area contributed by atoms with Crippen LogP contribution in [0.4, 0.5) is 5.69 Å². The molecule has 0 spiro atoms. The fraction of sp³-hybridized carbons (Fsp3) is 0.316. The Morgan fingerprint density at radius 2 is 1.77 bits per heavy atom.